The average molecular weight is 314 g/mol. The maximum atomic E-state index is 12.8. The highest BCUT2D eigenvalue weighted by molar-refractivity contribution is 5.45. The van der Waals surface area contributed by atoms with E-state index in [1.54, 1.807) is 18.9 Å². The molecule has 0 atom stereocenters. The lowest BCUT2D eigenvalue weighted by molar-refractivity contribution is -0.740. The Morgan fingerprint density at radius 3 is 2.61 bits per heavy atom. The van der Waals surface area contributed by atoms with Crippen LogP contribution in [0.3, 0.4) is 0 Å². The third kappa shape index (κ3) is 2.96. The first kappa shape index (κ1) is 15.6. The van der Waals surface area contributed by atoms with Gasteiger partial charge in [-0.2, -0.15) is 0 Å². The molecule has 0 radical (unpaired) electrons. The molecule has 1 aliphatic rings. The molecular weight excluding hydrogens is 292 g/mol. The van der Waals surface area contributed by atoms with Crippen molar-refractivity contribution in [3.63, 3.8) is 0 Å². The fourth-order valence-electron chi connectivity index (χ4n) is 3.19. The minimum atomic E-state index is 0.145. The summed E-state index contributed by atoms with van der Waals surface area (Å²) in [6.07, 6.45) is 4.49. The second-order valence-corrected chi connectivity index (χ2v) is 5.90. The first-order valence-electron chi connectivity index (χ1n) is 7.93. The van der Waals surface area contributed by atoms with E-state index >= 15 is 0 Å². The Morgan fingerprint density at radius 1 is 1.13 bits per heavy atom. The van der Waals surface area contributed by atoms with E-state index in [9.17, 15) is 5.11 Å². The van der Waals surface area contributed by atoms with E-state index in [0.29, 0.717) is 17.9 Å². The van der Waals surface area contributed by atoms with Crippen LogP contribution in [0.1, 0.15) is 35.4 Å². The Labute approximate surface area is 136 Å². The molecule has 0 saturated carbocycles. The number of fused-ring (bicyclic) bond motifs is 1. The lowest BCUT2D eigenvalue weighted by Gasteiger charge is -2.21. The summed E-state index contributed by atoms with van der Waals surface area (Å²) in [7, 11) is 5.08. The van der Waals surface area contributed by atoms with Gasteiger partial charge in [0, 0.05) is 0 Å². The number of nitrogens with zero attached hydrogens (tertiary/aromatic N) is 2. The third-order valence-corrected chi connectivity index (χ3v) is 4.46. The molecule has 1 aromatic carbocycles. The van der Waals surface area contributed by atoms with Gasteiger partial charge in [-0.1, -0.05) is 10.7 Å². The molecule has 1 aromatic heterocycles. The smallest absolute Gasteiger partial charge is 0.205 e. The van der Waals surface area contributed by atoms with Crippen LogP contribution in [0.25, 0.3) is 0 Å². The number of benzene rings is 1. The summed E-state index contributed by atoms with van der Waals surface area (Å²) in [4.78, 5) is 0. The van der Waals surface area contributed by atoms with Crippen molar-refractivity contribution in [1.29, 1.82) is 0 Å². The Hall–Kier alpha value is -2.30. The van der Waals surface area contributed by atoms with Crippen molar-refractivity contribution in [1.82, 2.24) is 5.10 Å². The van der Waals surface area contributed by atoms with Crippen LogP contribution in [0.5, 0.6) is 17.2 Å². The van der Waals surface area contributed by atoms with Crippen molar-refractivity contribution in [2.75, 3.05) is 14.2 Å². The molecule has 1 heterocycles. The minimum absolute atomic E-state index is 0.145. The first-order valence-corrected chi connectivity index (χ1v) is 7.93. The number of hydrogen-bond acceptors (Lipinski definition) is 4. The summed E-state index contributed by atoms with van der Waals surface area (Å²) in [5.74, 6) is 1.50. The molecule has 0 fully saturated rings. The molecule has 0 aliphatic heterocycles. The van der Waals surface area contributed by atoms with Gasteiger partial charge >= 0.3 is 0 Å². The van der Waals surface area contributed by atoms with Crippen LogP contribution < -0.4 is 19.3 Å². The third-order valence-electron chi connectivity index (χ3n) is 4.46. The van der Waals surface area contributed by atoms with Gasteiger partial charge in [0.2, 0.25) is 5.69 Å². The molecule has 23 heavy (non-hydrogen) atoms. The summed E-state index contributed by atoms with van der Waals surface area (Å²) >= 11 is 0. The van der Waals surface area contributed by atoms with Gasteiger partial charge in [0.25, 0.3) is 0 Å². The molecule has 0 bridgehead atoms. The van der Waals surface area contributed by atoms with E-state index in [-0.39, 0.29) is 5.75 Å². The van der Waals surface area contributed by atoms with E-state index < -0.39 is 0 Å². The molecule has 122 valence electrons. The van der Waals surface area contributed by atoms with Gasteiger partial charge in [0.1, 0.15) is 5.69 Å². The number of aromatic nitrogens is 2. The molecule has 0 saturated heterocycles. The van der Waals surface area contributed by atoms with Gasteiger partial charge in [0.15, 0.2) is 18.5 Å². The van der Waals surface area contributed by atoms with E-state index in [0.717, 1.165) is 48.2 Å². The van der Waals surface area contributed by atoms with Gasteiger partial charge in [-0.15, -0.1) is 0 Å². The van der Waals surface area contributed by atoms with Gasteiger partial charge in [-0.05, 0) is 59.8 Å². The fourth-order valence-corrected chi connectivity index (χ4v) is 3.19. The number of rotatable bonds is 4. The molecule has 1 aliphatic carbocycles. The standard InChI is InChI=1S/C18H22N2O3/c1-20-15(18(21)13-6-4-5-7-14(13)19-20)10-12-8-9-16(22-2)17(11-12)23-3/h8-9,11H,4-7,10H2,1-3H3. The van der Waals surface area contributed by atoms with Crippen LogP contribution >= 0.6 is 0 Å². The SMILES string of the molecule is COc1ccc(Cc2c([O-])c3c(n[n+]2C)CCCC3)cc1OC. The van der Waals surface area contributed by atoms with E-state index in [4.69, 9.17) is 9.47 Å². The van der Waals surface area contributed by atoms with Crippen LogP contribution in [-0.4, -0.2) is 19.3 Å². The number of hydrogen-bond donors (Lipinski definition) is 0. The van der Waals surface area contributed by atoms with Crippen molar-refractivity contribution >= 4 is 0 Å². The molecule has 0 amide bonds. The summed E-state index contributed by atoms with van der Waals surface area (Å²) in [5, 5.41) is 17.4. The zero-order valence-electron chi connectivity index (χ0n) is 13.9. The molecule has 0 N–H and O–H groups in total. The second-order valence-electron chi connectivity index (χ2n) is 5.90. The van der Waals surface area contributed by atoms with Crippen molar-refractivity contribution in [3.8, 4) is 17.2 Å². The number of methoxy groups -OCH3 is 2. The molecule has 5 heteroatoms. The normalized spacial score (nSPS) is 13.5. The van der Waals surface area contributed by atoms with Crippen molar-refractivity contribution in [3.05, 3.63) is 40.7 Å². The van der Waals surface area contributed by atoms with E-state index in [2.05, 4.69) is 5.10 Å². The van der Waals surface area contributed by atoms with Gasteiger partial charge < -0.3 is 14.6 Å². The van der Waals surface area contributed by atoms with Gasteiger partial charge in [0.05, 0.1) is 20.6 Å². The van der Waals surface area contributed by atoms with Crippen LogP contribution in [0.15, 0.2) is 18.2 Å². The zero-order valence-corrected chi connectivity index (χ0v) is 13.9. The fraction of sp³-hybridized carbons (Fsp3) is 0.444. The quantitative estimate of drug-likeness (QED) is 0.802. The van der Waals surface area contributed by atoms with Crippen molar-refractivity contribution in [2.45, 2.75) is 32.1 Å². The molecule has 2 aromatic rings. The number of ether oxygens (including phenoxy) is 2. The van der Waals surface area contributed by atoms with Crippen molar-refractivity contribution in [2.24, 2.45) is 7.05 Å². The maximum Gasteiger partial charge on any atom is 0.205 e. The Morgan fingerprint density at radius 2 is 1.87 bits per heavy atom. The highest BCUT2D eigenvalue weighted by atomic mass is 16.5. The molecule has 3 rings (SSSR count). The molecule has 0 spiro atoms. The summed E-state index contributed by atoms with van der Waals surface area (Å²) in [5.41, 5.74) is 3.61. The van der Waals surface area contributed by atoms with Gasteiger partial charge in [-0.25, -0.2) is 0 Å². The average Bonchev–Trinajstić information content (AvgIpc) is 2.58. The van der Waals surface area contributed by atoms with Crippen LogP contribution in [-0.2, 0) is 26.3 Å². The Balaban J connectivity index is 1.97. The predicted octanol–water partition coefficient (Wildman–Crippen LogP) is 1.47. The zero-order chi connectivity index (χ0) is 16.4. The first-order chi connectivity index (χ1) is 11.1. The highest BCUT2D eigenvalue weighted by Gasteiger charge is 2.21. The van der Waals surface area contributed by atoms with Crippen LogP contribution in [0.4, 0.5) is 0 Å². The Bertz CT molecular complexity index is 729. The monoisotopic (exact) mass is 314 g/mol. The lowest BCUT2D eigenvalue weighted by atomic mass is 9.94. The predicted molar refractivity (Wildman–Crippen MR) is 83.9 cm³/mol. The topological polar surface area (TPSA) is 58.3 Å². The largest absolute Gasteiger partial charge is 0.868 e. The Kier molecular flexibility index (Phi) is 4.37. The number of aryl methyl sites for hydroxylation is 2. The summed E-state index contributed by atoms with van der Waals surface area (Å²) in [6.45, 7) is 0. The van der Waals surface area contributed by atoms with Crippen LogP contribution in [0, 0.1) is 0 Å². The minimum Gasteiger partial charge on any atom is -0.868 e. The summed E-state index contributed by atoms with van der Waals surface area (Å²) in [6, 6.07) is 5.74. The highest BCUT2D eigenvalue weighted by Crippen LogP contribution is 2.31. The van der Waals surface area contributed by atoms with E-state index in [1.165, 1.54) is 0 Å². The molecular formula is C18H22N2O3. The van der Waals surface area contributed by atoms with Crippen molar-refractivity contribution < 1.29 is 19.3 Å². The van der Waals surface area contributed by atoms with Crippen LogP contribution in [0.2, 0.25) is 0 Å². The van der Waals surface area contributed by atoms with Gasteiger partial charge in [-0.3, -0.25) is 0 Å². The lowest BCUT2D eigenvalue weighted by Crippen LogP contribution is -2.41. The van der Waals surface area contributed by atoms with E-state index in [1.807, 2.05) is 25.2 Å². The molecule has 0 unspecified atom stereocenters. The maximum absolute atomic E-state index is 12.8. The summed E-state index contributed by atoms with van der Waals surface area (Å²) < 4.78 is 12.3. The second kappa shape index (κ2) is 6.44. The molecule has 5 nitrogen and oxygen atoms in total.